The monoisotopic (exact) mass is 378 g/mol. The molecule has 0 saturated heterocycles. The molecule has 0 spiro atoms. The van der Waals surface area contributed by atoms with Crippen molar-refractivity contribution in [3.8, 4) is 16.9 Å². The predicted octanol–water partition coefficient (Wildman–Crippen LogP) is 5.20. The van der Waals surface area contributed by atoms with Crippen molar-refractivity contribution in [2.45, 2.75) is 6.42 Å². The van der Waals surface area contributed by atoms with Crippen LogP contribution in [0.5, 0.6) is 5.75 Å². The fraction of sp³-hybridized carbons (Fsp3) is 0.0500. The van der Waals surface area contributed by atoms with Gasteiger partial charge in [0.05, 0.1) is 6.42 Å². The second kappa shape index (κ2) is 7.57. The van der Waals surface area contributed by atoms with Gasteiger partial charge in [0.25, 0.3) is 0 Å². The highest BCUT2D eigenvalue weighted by molar-refractivity contribution is 5.79. The van der Waals surface area contributed by atoms with Crippen LogP contribution in [0.4, 0.5) is 22.0 Å². The van der Waals surface area contributed by atoms with E-state index in [4.69, 9.17) is 0 Å². The lowest BCUT2D eigenvalue weighted by Crippen LogP contribution is -2.16. The second-order valence-corrected chi connectivity index (χ2v) is 5.57. The van der Waals surface area contributed by atoms with Gasteiger partial charge in [0.15, 0.2) is 0 Å². The minimum absolute atomic E-state index is 0.426. The summed E-state index contributed by atoms with van der Waals surface area (Å²) in [5.74, 6) is -13.9. The number of hydrogen-bond acceptors (Lipinski definition) is 2. The van der Waals surface area contributed by atoms with Gasteiger partial charge in [-0.3, -0.25) is 4.79 Å². The van der Waals surface area contributed by atoms with Crippen molar-refractivity contribution in [2.75, 3.05) is 0 Å². The number of halogens is 5. The fourth-order valence-corrected chi connectivity index (χ4v) is 2.55. The van der Waals surface area contributed by atoms with Crippen molar-refractivity contribution < 1.29 is 31.5 Å². The van der Waals surface area contributed by atoms with Crippen LogP contribution >= 0.6 is 0 Å². The smallest absolute Gasteiger partial charge is 0.315 e. The number of ether oxygens (including phenoxy) is 1. The first-order chi connectivity index (χ1) is 12.9. The summed E-state index contributed by atoms with van der Waals surface area (Å²) in [6, 6.07) is 15.7. The van der Waals surface area contributed by atoms with Crippen LogP contribution in [0.2, 0.25) is 0 Å². The van der Waals surface area contributed by atoms with Gasteiger partial charge in [-0.05, 0) is 16.7 Å². The van der Waals surface area contributed by atoms with Gasteiger partial charge in [-0.2, -0.15) is 8.78 Å². The molecule has 0 aliphatic rings. The Kier molecular flexibility index (Phi) is 5.21. The quantitative estimate of drug-likeness (QED) is 0.205. The first-order valence-corrected chi connectivity index (χ1v) is 7.75. The highest BCUT2D eigenvalue weighted by Crippen LogP contribution is 2.30. The van der Waals surface area contributed by atoms with Crippen molar-refractivity contribution in [1.29, 1.82) is 0 Å². The molecular formula is C20H11F5O2. The Morgan fingerprint density at radius 3 is 1.85 bits per heavy atom. The number of esters is 1. The van der Waals surface area contributed by atoms with E-state index in [9.17, 15) is 26.7 Å². The predicted molar refractivity (Wildman–Crippen MR) is 87.4 cm³/mol. The molecule has 0 bridgehead atoms. The average Bonchev–Trinajstić information content (AvgIpc) is 2.69. The van der Waals surface area contributed by atoms with E-state index < -0.39 is 47.2 Å². The Balaban J connectivity index is 1.89. The maximum Gasteiger partial charge on any atom is 0.315 e. The van der Waals surface area contributed by atoms with Crippen LogP contribution in [0, 0.1) is 29.1 Å². The highest BCUT2D eigenvalue weighted by Gasteiger charge is 2.28. The first kappa shape index (κ1) is 18.6. The van der Waals surface area contributed by atoms with Gasteiger partial charge in [-0.25, -0.2) is 13.2 Å². The number of carbonyl (C=O) groups is 1. The Hall–Kier alpha value is -3.22. The van der Waals surface area contributed by atoms with Crippen LogP contribution in [0.25, 0.3) is 11.1 Å². The van der Waals surface area contributed by atoms with Gasteiger partial charge in [0.1, 0.15) is 0 Å². The Labute approximate surface area is 150 Å². The lowest BCUT2D eigenvalue weighted by atomic mass is 9.98. The lowest BCUT2D eigenvalue weighted by Gasteiger charge is -2.11. The third-order valence-electron chi connectivity index (χ3n) is 3.82. The minimum atomic E-state index is -2.32. The summed E-state index contributed by atoms with van der Waals surface area (Å²) < 4.78 is 71.2. The molecule has 0 aliphatic carbocycles. The topological polar surface area (TPSA) is 26.3 Å². The van der Waals surface area contributed by atoms with E-state index in [0.29, 0.717) is 11.1 Å². The van der Waals surface area contributed by atoms with Crippen LogP contribution in [-0.4, -0.2) is 5.97 Å². The average molecular weight is 378 g/mol. The largest absolute Gasteiger partial charge is 0.420 e. The molecule has 0 fully saturated rings. The van der Waals surface area contributed by atoms with Gasteiger partial charge >= 0.3 is 5.97 Å². The molecular weight excluding hydrogens is 367 g/mol. The maximum atomic E-state index is 13.6. The number of benzene rings is 3. The van der Waals surface area contributed by atoms with Crippen LogP contribution in [-0.2, 0) is 11.2 Å². The fourth-order valence-electron chi connectivity index (χ4n) is 2.55. The highest BCUT2D eigenvalue weighted by atomic mass is 19.2. The van der Waals surface area contributed by atoms with Crippen LogP contribution in [0.15, 0.2) is 54.6 Å². The molecule has 0 amide bonds. The molecule has 2 nitrogen and oxygen atoms in total. The molecule has 3 rings (SSSR count). The molecule has 0 aliphatic heterocycles. The van der Waals surface area contributed by atoms with E-state index in [0.717, 1.165) is 5.56 Å². The molecule has 3 aromatic carbocycles. The van der Waals surface area contributed by atoms with Crippen molar-refractivity contribution in [3.05, 3.63) is 89.2 Å². The standard InChI is InChI=1S/C20H11F5O2/c21-15-16(22)18(24)20(19(25)17(15)23)27-14(26)10-12-8-4-5-9-13(12)11-6-2-1-3-7-11/h1-9H,10H2. The summed E-state index contributed by atoms with van der Waals surface area (Å²) in [5.41, 5.74) is 1.93. The van der Waals surface area contributed by atoms with Crippen molar-refractivity contribution in [1.82, 2.24) is 0 Å². The lowest BCUT2D eigenvalue weighted by molar-refractivity contribution is -0.134. The molecule has 0 saturated carbocycles. The summed E-state index contributed by atoms with van der Waals surface area (Å²) >= 11 is 0. The van der Waals surface area contributed by atoms with E-state index in [1.165, 1.54) is 0 Å². The van der Waals surface area contributed by atoms with Gasteiger partial charge < -0.3 is 4.74 Å². The van der Waals surface area contributed by atoms with Gasteiger partial charge in [-0.1, -0.05) is 54.6 Å². The van der Waals surface area contributed by atoms with E-state index in [2.05, 4.69) is 4.74 Å². The number of hydrogen-bond donors (Lipinski definition) is 0. The molecule has 138 valence electrons. The molecule has 0 heterocycles. The van der Waals surface area contributed by atoms with Crippen LogP contribution in [0.3, 0.4) is 0 Å². The normalized spacial score (nSPS) is 10.7. The Bertz CT molecular complexity index is 974. The molecule has 0 atom stereocenters. The number of rotatable bonds is 4. The van der Waals surface area contributed by atoms with Crippen molar-refractivity contribution >= 4 is 5.97 Å². The first-order valence-electron chi connectivity index (χ1n) is 7.75. The van der Waals surface area contributed by atoms with Crippen LogP contribution in [0.1, 0.15) is 5.56 Å². The van der Waals surface area contributed by atoms with E-state index >= 15 is 0 Å². The van der Waals surface area contributed by atoms with Crippen LogP contribution < -0.4 is 4.74 Å². The zero-order valence-electron chi connectivity index (χ0n) is 13.6. The zero-order chi connectivity index (χ0) is 19.6. The summed E-state index contributed by atoms with van der Waals surface area (Å²) in [6.07, 6.45) is -0.426. The van der Waals surface area contributed by atoms with E-state index in [1.807, 2.05) is 6.07 Å². The van der Waals surface area contributed by atoms with E-state index in [1.54, 1.807) is 48.5 Å². The third kappa shape index (κ3) is 3.67. The van der Waals surface area contributed by atoms with Gasteiger partial charge in [0, 0.05) is 0 Å². The summed E-state index contributed by atoms with van der Waals surface area (Å²) in [6.45, 7) is 0. The summed E-state index contributed by atoms with van der Waals surface area (Å²) in [7, 11) is 0. The molecule has 27 heavy (non-hydrogen) atoms. The molecule has 7 heteroatoms. The number of carbonyl (C=O) groups excluding carboxylic acids is 1. The van der Waals surface area contributed by atoms with Crippen molar-refractivity contribution in [2.24, 2.45) is 0 Å². The molecule has 0 aromatic heterocycles. The minimum Gasteiger partial charge on any atom is -0.420 e. The summed E-state index contributed by atoms with van der Waals surface area (Å²) in [4.78, 5) is 12.1. The van der Waals surface area contributed by atoms with E-state index in [-0.39, 0.29) is 0 Å². The zero-order valence-corrected chi connectivity index (χ0v) is 13.6. The Morgan fingerprint density at radius 1 is 0.704 bits per heavy atom. The van der Waals surface area contributed by atoms with Gasteiger partial charge in [0.2, 0.25) is 34.8 Å². The molecule has 3 aromatic rings. The maximum absolute atomic E-state index is 13.6. The molecule has 0 radical (unpaired) electrons. The second-order valence-electron chi connectivity index (χ2n) is 5.57. The molecule has 0 unspecified atom stereocenters. The molecule has 0 N–H and O–H groups in total. The third-order valence-corrected chi connectivity index (χ3v) is 3.82. The van der Waals surface area contributed by atoms with Crippen molar-refractivity contribution in [3.63, 3.8) is 0 Å². The Morgan fingerprint density at radius 2 is 1.22 bits per heavy atom. The summed E-state index contributed by atoms with van der Waals surface area (Å²) in [5, 5.41) is 0. The van der Waals surface area contributed by atoms with Gasteiger partial charge in [-0.15, -0.1) is 0 Å². The SMILES string of the molecule is O=C(Cc1ccccc1-c1ccccc1)Oc1c(F)c(F)c(F)c(F)c1F.